The highest BCUT2D eigenvalue weighted by atomic mass is 16.5. The summed E-state index contributed by atoms with van der Waals surface area (Å²) in [5.41, 5.74) is 4.09. The highest BCUT2D eigenvalue weighted by Gasteiger charge is 2.24. The number of methoxy groups -OCH3 is 2. The Kier molecular flexibility index (Phi) is 5.90. The van der Waals surface area contributed by atoms with E-state index < -0.39 is 0 Å². The van der Waals surface area contributed by atoms with E-state index in [2.05, 4.69) is 5.32 Å². The van der Waals surface area contributed by atoms with Crippen LogP contribution in [-0.4, -0.2) is 45.7 Å². The van der Waals surface area contributed by atoms with Crippen LogP contribution in [0.15, 0.2) is 36.4 Å². The summed E-state index contributed by atoms with van der Waals surface area (Å²) in [6.07, 6.45) is 2.41. The summed E-state index contributed by atoms with van der Waals surface area (Å²) in [7, 11) is 3.28. The predicted octanol–water partition coefficient (Wildman–Crippen LogP) is 1.41. The Balaban J connectivity index is 1.35. The number of benzene rings is 2. The molecule has 1 fully saturated rings. The maximum Gasteiger partial charge on any atom is 0.279 e. The average Bonchev–Trinajstić information content (AvgIpc) is 3.19. The van der Waals surface area contributed by atoms with Crippen molar-refractivity contribution in [3.63, 3.8) is 0 Å². The number of hydrogen-bond acceptors (Lipinski definition) is 4. The molecule has 2 aliphatic heterocycles. The first-order chi connectivity index (χ1) is 14.6. The quantitative estimate of drug-likeness (QED) is 0.756. The van der Waals surface area contributed by atoms with E-state index in [1.54, 1.807) is 19.1 Å². The first kappa shape index (κ1) is 20.2. The molecule has 158 valence electrons. The molecule has 2 aliphatic rings. The molecule has 1 saturated heterocycles. The lowest BCUT2D eigenvalue weighted by molar-refractivity contribution is -0.907. The number of ether oxygens (including phenoxy) is 2. The summed E-state index contributed by atoms with van der Waals surface area (Å²) in [4.78, 5) is 27.4. The maximum atomic E-state index is 12.6. The van der Waals surface area contributed by atoms with E-state index in [9.17, 15) is 9.59 Å². The largest absolute Gasteiger partial charge is 0.493 e. The number of quaternary nitrogens is 1. The summed E-state index contributed by atoms with van der Waals surface area (Å²) in [6.45, 7) is 2.84. The normalized spacial score (nSPS) is 18.1. The van der Waals surface area contributed by atoms with Gasteiger partial charge >= 0.3 is 0 Å². The van der Waals surface area contributed by atoms with E-state index in [1.165, 1.54) is 16.0 Å². The molecule has 0 radical (unpaired) electrons. The fourth-order valence-corrected chi connectivity index (χ4v) is 4.26. The van der Waals surface area contributed by atoms with Crippen molar-refractivity contribution in [2.75, 3.05) is 44.1 Å². The van der Waals surface area contributed by atoms with Crippen molar-refractivity contribution in [2.24, 2.45) is 0 Å². The lowest BCUT2D eigenvalue weighted by Crippen LogP contribution is -3.12. The number of rotatable bonds is 6. The highest BCUT2D eigenvalue weighted by molar-refractivity contribution is 5.96. The molecule has 2 heterocycles. The number of nitrogens with zero attached hydrogens (tertiary/aromatic N) is 1. The van der Waals surface area contributed by atoms with E-state index >= 15 is 0 Å². The summed E-state index contributed by atoms with van der Waals surface area (Å²) in [5.74, 6) is 1.61. The van der Waals surface area contributed by atoms with Gasteiger partial charge in [-0.2, -0.15) is 0 Å². The van der Waals surface area contributed by atoms with Gasteiger partial charge in [-0.05, 0) is 48.4 Å². The predicted molar refractivity (Wildman–Crippen MR) is 114 cm³/mol. The van der Waals surface area contributed by atoms with Crippen LogP contribution in [0.4, 0.5) is 11.4 Å². The summed E-state index contributed by atoms with van der Waals surface area (Å²) in [5, 5.41) is 2.98. The van der Waals surface area contributed by atoms with Gasteiger partial charge in [-0.15, -0.1) is 0 Å². The van der Waals surface area contributed by atoms with Crippen molar-refractivity contribution >= 4 is 23.2 Å². The SMILES string of the molecule is COc1cc2c(cc1OC)C[NH+](CC(=O)Nc1ccc(N3CCCC3=O)cc1)CC2. The van der Waals surface area contributed by atoms with Crippen molar-refractivity contribution in [2.45, 2.75) is 25.8 Å². The van der Waals surface area contributed by atoms with Crippen LogP contribution >= 0.6 is 0 Å². The van der Waals surface area contributed by atoms with E-state index in [0.717, 1.165) is 55.3 Å². The monoisotopic (exact) mass is 410 g/mol. The third-order valence-electron chi connectivity index (χ3n) is 5.84. The fraction of sp³-hybridized carbons (Fsp3) is 0.391. The van der Waals surface area contributed by atoms with Gasteiger partial charge in [-0.3, -0.25) is 9.59 Å². The molecule has 0 bridgehead atoms. The van der Waals surface area contributed by atoms with Crippen molar-refractivity contribution in [3.05, 3.63) is 47.5 Å². The highest BCUT2D eigenvalue weighted by Crippen LogP contribution is 2.31. The third kappa shape index (κ3) is 4.26. The van der Waals surface area contributed by atoms with Gasteiger partial charge in [0.1, 0.15) is 6.54 Å². The van der Waals surface area contributed by atoms with Crippen LogP contribution in [0.25, 0.3) is 0 Å². The Morgan fingerprint density at radius 1 is 1.07 bits per heavy atom. The Bertz CT molecular complexity index is 942. The van der Waals surface area contributed by atoms with Gasteiger partial charge in [0, 0.05) is 36.3 Å². The van der Waals surface area contributed by atoms with Crippen LogP contribution in [-0.2, 0) is 22.6 Å². The van der Waals surface area contributed by atoms with Crippen LogP contribution in [0, 0.1) is 0 Å². The fourth-order valence-electron chi connectivity index (χ4n) is 4.26. The van der Waals surface area contributed by atoms with Crippen LogP contribution in [0.3, 0.4) is 0 Å². The molecule has 1 unspecified atom stereocenters. The van der Waals surface area contributed by atoms with E-state index in [0.29, 0.717) is 13.0 Å². The zero-order valence-corrected chi connectivity index (χ0v) is 17.5. The number of carbonyl (C=O) groups excluding carboxylic acids is 2. The van der Waals surface area contributed by atoms with Gasteiger partial charge in [-0.1, -0.05) is 0 Å². The van der Waals surface area contributed by atoms with Crippen LogP contribution in [0.2, 0.25) is 0 Å². The van der Waals surface area contributed by atoms with Gasteiger partial charge in [0.15, 0.2) is 18.0 Å². The minimum absolute atomic E-state index is 0.0149. The summed E-state index contributed by atoms with van der Waals surface area (Å²) < 4.78 is 10.8. The Morgan fingerprint density at radius 2 is 1.77 bits per heavy atom. The molecule has 7 heteroatoms. The standard InChI is InChI=1S/C23H27N3O4/c1-29-20-12-16-9-11-25(14-17(16)13-21(20)30-2)15-22(27)24-18-5-7-19(8-6-18)26-10-3-4-23(26)28/h5-8,12-13H,3-4,9-11,14-15H2,1-2H3,(H,24,27)/p+1. The second kappa shape index (κ2) is 8.75. The molecule has 30 heavy (non-hydrogen) atoms. The lowest BCUT2D eigenvalue weighted by Gasteiger charge is -2.26. The Morgan fingerprint density at radius 3 is 2.40 bits per heavy atom. The number of carbonyl (C=O) groups is 2. The average molecular weight is 410 g/mol. The number of hydrogen-bond donors (Lipinski definition) is 2. The molecule has 0 spiro atoms. The molecule has 2 aromatic rings. The minimum Gasteiger partial charge on any atom is -0.493 e. The lowest BCUT2D eigenvalue weighted by atomic mass is 9.99. The topological polar surface area (TPSA) is 72.3 Å². The molecule has 0 saturated carbocycles. The minimum atomic E-state index is -0.0149. The van der Waals surface area contributed by atoms with E-state index in [-0.39, 0.29) is 11.8 Å². The van der Waals surface area contributed by atoms with Gasteiger partial charge < -0.3 is 24.6 Å². The zero-order valence-electron chi connectivity index (χ0n) is 17.5. The molecule has 0 aliphatic carbocycles. The second-order valence-corrected chi connectivity index (χ2v) is 7.82. The van der Waals surface area contributed by atoms with Crippen molar-refractivity contribution in [1.29, 1.82) is 0 Å². The number of fused-ring (bicyclic) bond motifs is 1. The number of anilines is 2. The molecule has 2 amide bonds. The van der Waals surface area contributed by atoms with Gasteiger partial charge in [0.05, 0.1) is 20.8 Å². The Hall–Kier alpha value is -3.06. The first-order valence-corrected chi connectivity index (χ1v) is 10.3. The molecular formula is C23H28N3O4+. The van der Waals surface area contributed by atoms with Crippen LogP contribution in [0.5, 0.6) is 11.5 Å². The van der Waals surface area contributed by atoms with Crippen molar-refractivity contribution < 1.29 is 24.0 Å². The molecule has 2 N–H and O–H groups in total. The Labute approximate surface area is 176 Å². The van der Waals surface area contributed by atoms with Crippen LogP contribution in [0.1, 0.15) is 24.0 Å². The van der Waals surface area contributed by atoms with E-state index in [1.807, 2.05) is 36.4 Å². The molecule has 7 nitrogen and oxygen atoms in total. The van der Waals surface area contributed by atoms with Crippen molar-refractivity contribution in [1.82, 2.24) is 0 Å². The number of amides is 2. The summed E-state index contributed by atoms with van der Waals surface area (Å²) in [6, 6.07) is 11.6. The zero-order chi connectivity index (χ0) is 21.1. The van der Waals surface area contributed by atoms with Gasteiger partial charge in [-0.25, -0.2) is 0 Å². The molecule has 0 aromatic heterocycles. The van der Waals surface area contributed by atoms with Gasteiger partial charge in [0.25, 0.3) is 5.91 Å². The third-order valence-corrected chi connectivity index (χ3v) is 5.84. The van der Waals surface area contributed by atoms with Gasteiger partial charge in [0.2, 0.25) is 5.91 Å². The smallest absolute Gasteiger partial charge is 0.279 e. The number of nitrogens with one attached hydrogen (secondary N) is 2. The van der Waals surface area contributed by atoms with Crippen LogP contribution < -0.4 is 24.6 Å². The van der Waals surface area contributed by atoms with Crippen molar-refractivity contribution in [3.8, 4) is 11.5 Å². The molecule has 1 atom stereocenters. The second-order valence-electron chi connectivity index (χ2n) is 7.82. The molecule has 2 aromatic carbocycles. The molecule has 4 rings (SSSR count). The van der Waals surface area contributed by atoms with E-state index in [4.69, 9.17) is 9.47 Å². The maximum absolute atomic E-state index is 12.6. The summed E-state index contributed by atoms with van der Waals surface area (Å²) >= 11 is 0. The first-order valence-electron chi connectivity index (χ1n) is 10.3. The molecular weight excluding hydrogens is 382 g/mol.